The Morgan fingerprint density at radius 2 is 2.00 bits per heavy atom. The molecule has 0 spiro atoms. The van der Waals surface area contributed by atoms with Crippen molar-refractivity contribution in [2.75, 3.05) is 5.73 Å². The minimum atomic E-state index is -1.42. The summed E-state index contributed by atoms with van der Waals surface area (Å²) in [6.45, 7) is 3.51. The van der Waals surface area contributed by atoms with Crippen molar-refractivity contribution in [2.24, 2.45) is 0 Å². The van der Waals surface area contributed by atoms with Gasteiger partial charge in [0.05, 0.1) is 17.4 Å². The molecular weight excluding hydrogens is 354 g/mol. The van der Waals surface area contributed by atoms with Gasteiger partial charge in [-0.3, -0.25) is 9.97 Å². The van der Waals surface area contributed by atoms with Gasteiger partial charge in [-0.25, -0.2) is 9.67 Å². The molecular formula is C20H17N7O. The number of aliphatic hydroxyl groups is 1. The van der Waals surface area contributed by atoms with Crippen LogP contribution in [0.1, 0.15) is 23.9 Å². The van der Waals surface area contributed by atoms with Gasteiger partial charge in [0.15, 0.2) is 11.4 Å². The molecule has 8 nitrogen and oxygen atoms in total. The van der Waals surface area contributed by atoms with Crippen molar-refractivity contribution in [1.29, 1.82) is 0 Å². The second-order valence-corrected chi connectivity index (χ2v) is 6.42. The standard InChI is InChI=1S/C20H17N7O/c1-13-15-4-3-14(5-7-20(2,28)17-12-22-9-10-23-17)11-16(15)27(26-13)18-6-8-24-19(21)25-18/h3-4,6,8-12,28H,1-2H3,(H2,21,24,25). The molecule has 4 aromatic rings. The molecule has 0 fully saturated rings. The third-order valence-corrected chi connectivity index (χ3v) is 4.25. The topological polar surface area (TPSA) is 116 Å². The molecule has 28 heavy (non-hydrogen) atoms. The minimum Gasteiger partial charge on any atom is -0.372 e. The lowest BCUT2D eigenvalue weighted by molar-refractivity contribution is 0.117. The summed E-state index contributed by atoms with van der Waals surface area (Å²) in [5.74, 6) is 6.61. The third kappa shape index (κ3) is 3.26. The number of fused-ring (bicyclic) bond motifs is 1. The van der Waals surface area contributed by atoms with E-state index in [1.807, 2.05) is 25.1 Å². The summed E-state index contributed by atoms with van der Waals surface area (Å²) in [5.41, 5.74) is 7.09. The molecule has 0 radical (unpaired) electrons. The van der Waals surface area contributed by atoms with Crippen molar-refractivity contribution in [3.05, 3.63) is 66.0 Å². The highest BCUT2D eigenvalue weighted by molar-refractivity contribution is 5.84. The maximum absolute atomic E-state index is 10.6. The van der Waals surface area contributed by atoms with Gasteiger partial charge in [0, 0.05) is 35.6 Å². The van der Waals surface area contributed by atoms with Crippen molar-refractivity contribution >= 4 is 16.9 Å². The summed E-state index contributed by atoms with van der Waals surface area (Å²) in [6.07, 6.45) is 6.15. The molecule has 0 aliphatic carbocycles. The average Bonchev–Trinajstić information content (AvgIpc) is 3.03. The highest BCUT2D eigenvalue weighted by atomic mass is 16.3. The highest BCUT2D eigenvalue weighted by Gasteiger charge is 2.21. The van der Waals surface area contributed by atoms with Crippen LogP contribution in [0.2, 0.25) is 0 Å². The number of hydrogen-bond acceptors (Lipinski definition) is 7. The van der Waals surface area contributed by atoms with E-state index in [0.29, 0.717) is 11.5 Å². The summed E-state index contributed by atoms with van der Waals surface area (Å²) < 4.78 is 1.70. The van der Waals surface area contributed by atoms with Crippen LogP contribution in [0.3, 0.4) is 0 Å². The van der Waals surface area contributed by atoms with Crippen LogP contribution < -0.4 is 5.73 Å². The van der Waals surface area contributed by atoms with E-state index in [1.165, 1.54) is 12.4 Å². The van der Waals surface area contributed by atoms with Crippen LogP contribution in [0.5, 0.6) is 0 Å². The van der Waals surface area contributed by atoms with Gasteiger partial charge in [0.1, 0.15) is 5.69 Å². The summed E-state index contributed by atoms with van der Waals surface area (Å²) >= 11 is 0. The molecule has 1 unspecified atom stereocenters. The molecule has 1 atom stereocenters. The van der Waals surface area contributed by atoms with Crippen molar-refractivity contribution < 1.29 is 5.11 Å². The zero-order valence-electron chi connectivity index (χ0n) is 15.3. The zero-order chi connectivity index (χ0) is 19.7. The summed E-state index contributed by atoms with van der Waals surface area (Å²) in [6, 6.07) is 7.46. The smallest absolute Gasteiger partial charge is 0.221 e. The molecule has 4 rings (SSSR count). The number of nitrogen functional groups attached to an aromatic ring is 1. The Bertz CT molecular complexity index is 1220. The lowest BCUT2D eigenvalue weighted by Gasteiger charge is -2.14. The van der Waals surface area contributed by atoms with Crippen LogP contribution in [-0.2, 0) is 5.60 Å². The fourth-order valence-electron chi connectivity index (χ4n) is 2.81. The van der Waals surface area contributed by atoms with Crippen LogP contribution in [0, 0.1) is 18.8 Å². The number of nitrogens with two attached hydrogens (primary N) is 1. The normalized spacial score (nSPS) is 13.0. The number of anilines is 1. The Kier molecular flexibility index (Phi) is 4.22. The van der Waals surface area contributed by atoms with Crippen LogP contribution in [-0.4, -0.2) is 34.8 Å². The highest BCUT2D eigenvalue weighted by Crippen LogP contribution is 2.23. The van der Waals surface area contributed by atoms with Gasteiger partial charge in [0.2, 0.25) is 5.95 Å². The Morgan fingerprint density at radius 3 is 2.75 bits per heavy atom. The summed E-state index contributed by atoms with van der Waals surface area (Å²) in [4.78, 5) is 16.3. The lowest BCUT2D eigenvalue weighted by atomic mass is 10.0. The molecule has 1 aromatic carbocycles. The van der Waals surface area contributed by atoms with Crippen molar-refractivity contribution in [1.82, 2.24) is 29.7 Å². The van der Waals surface area contributed by atoms with Crippen LogP contribution in [0.15, 0.2) is 49.1 Å². The molecule has 8 heteroatoms. The Hall–Kier alpha value is -3.83. The van der Waals surface area contributed by atoms with E-state index >= 15 is 0 Å². The minimum absolute atomic E-state index is 0.176. The van der Waals surface area contributed by atoms with E-state index in [2.05, 4.69) is 36.9 Å². The van der Waals surface area contributed by atoms with E-state index in [-0.39, 0.29) is 5.95 Å². The maximum Gasteiger partial charge on any atom is 0.221 e. The molecule has 0 saturated heterocycles. The molecule has 0 saturated carbocycles. The van der Waals surface area contributed by atoms with Crippen molar-refractivity contribution in [3.63, 3.8) is 0 Å². The molecule has 3 aromatic heterocycles. The zero-order valence-corrected chi connectivity index (χ0v) is 15.3. The number of aryl methyl sites for hydroxylation is 1. The molecule has 3 heterocycles. The Balaban J connectivity index is 1.78. The van der Waals surface area contributed by atoms with E-state index in [0.717, 1.165) is 22.2 Å². The van der Waals surface area contributed by atoms with E-state index in [4.69, 9.17) is 5.73 Å². The van der Waals surface area contributed by atoms with E-state index in [9.17, 15) is 5.11 Å². The molecule has 0 bridgehead atoms. The largest absolute Gasteiger partial charge is 0.372 e. The maximum atomic E-state index is 10.6. The Labute approximate surface area is 161 Å². The number of aromatic nitrogens is 6. The summed E-state index contributed by atoms with van der Waals surface area (Å²) in [5, 5.41) is 16.1. The monoisotopic (exact) mass is 371 g/mol. The van der Waals surface area contributed by atoms with Gasteiger partial charge in [-0.05, 0) is 32.0 Å². The van der Waals surface area contributed by atoms with Gasteiger partial charge >= 0.3 is 0 Å². The van der Waals surface area contributed by atoms with Gasteiger partial charge in [-0.1, -0.05) is 11.8 Å². The summed E-state index contributed by atoms with van der Waals surface area (Å²) in [7, 11) is 0. The lowest BCUT2D eigenvalue weighted by Crippen LogP contribution is -2.20. The quantitative estimate of drug-likeness (QED) is 0.516. The molecule has 0 aliphatic heterocycles. The number of nitrogens with zero attached hydrogens (tertiary/aromatic N) is 6. The SMILES string of the molecule is Cc1nn(-c2ccnc(N)n2)c2cc(C#CC(C)(O)c3cnccn3)ccc12. The second kappa shape index (κ2) is 6.72. The second-order valence-electron chi connectivity index (χ2n) is 6.42. The fourth-order valence-corrected chi connectivity index (χ4v) is 2.81. The fraction of sp³-hybridized carbons (Fsp3) is 0.150. The van der Waals surface area contributed by atoms with Gasteiger partial charge in [-0.2, -0.15) is 10.1 Å². The van der Waals surface area contributed by atoms with Crippen molar-refractivity contribution in [2.45, 2.75) is 19.4 Å². The average molecular weight is 371 g/mol. The predicted molar refractivity (Wildman–Crippen MR) is 104 cm³/mol. The number of hydrogen-bond donors (Lipinski definition) is 2. The Morgan fingerprint density at radius 1 is 1.14 bits per heavy atom. The molecule has 0 aliphatic rings. The van der Waals surface area contributed by atoms with E-state index < -0.39 is 5.60 Å². The van der Waals surface area contributed by atoms with Gasteiger partial charge in [-0.15, -0.1) is 0 Å². The van der Waals surface area contributed by atoms with E-state index in [1.54, 1.807) is 30.1 Å². The first-order valence-electron chi connectivity index (χ1n) is 8.54. The van der Waals surface area contributed by atoms with Crippen molar-refractivity contribution in [3.8, 4) is 17.7 Å². The van der Waals surface area contributed by atoms with Crippen LogP contribution >= 0.6 is 0 Å². The molecule has 3 N–H and O–H groups in total. The van der Waals surface area contributed by atoms with Crippen LogP contribution in [0.25, 0.3) is 16.7 Å². The predicted octanol–water partition coefficient (Wildman–Crippen LogP) is 1.76. The first-order chi connectivity index (χ1) is 13.4. The van der Waals surface area contributed by atoms with Gasteiger partial charge < -0.3 is 10.8 Å². The first-order valence-corrected chi connectivity index (χ1v) is 8.54. The number of rotatable bonds is 2. The van der Waals surface area contributed by atoms with Crippen LogP contribution in [0.4, 0.5) is 5.95 Å². The first kappa shape index (κ1) is 17.6. The third-order valence-electron chi connectivity index (χ3n) is 4.25. The molecule has 138 valence electrons. The van der Waals surface area contributed by atoms with Gasteiger partial charge in [0.25, 0.3) is 0 Å². The molecule has 0 amide bonds. The number of benzene rings is 1.